The third-order valence-electron chi connectivity index (χ3n) is 2.27. The molecule has 1 aliphatic carbocycles. The van der Waals surface area contributed by atoms with E-state index in [0.29, 0.717) is 13.0 Å². The molecule has 0 spiro atoms. The number of hydrogen-bond donors (Lipinski definition) is 3. The van der Waals surface area contributed by atoms with Gasteiger partial charge in [-0.1, -0.05) is 0 Å². The Bertz CT molecular complexity index is 170. The number of carbonyl (C=O) groups excluding carboxylic acids is 1. The molecule has 2 atom stereocenters. The summed E-state index contributed by atoms with van der Waals surface area (Å²) in [5.41, 5.74) is -3.53. The lowest BCUT2D eigenvalue weighted by atomic mass is 9.88. The third kappa shape index (κ3) is 1.07. The molecule has 63 valence electrons. The molecule has 0 aliphatic heterocycles. The number of hydrogen-bond acceptors (Lipinski definition) is 4. The maximum atomic E-state index is 10.4. The highest BCUT2D eigenvalue weighted by molar-refractivity contribution is 5.66. The summed E-state index contributed by atoms with van der Waals surface area (Å²) in [5.74, 6) is 0. The molecule has 1 aliphatic rings. The Labute approximate surface area is 64.5 Å². The first-order valence-electron chi connectivity index (χ1n) is 3.48. The fourth-order valence-electron chi connectivity index (χ4n) is 1.40. The van der Waals surface area contributed by atoms with Crippen LogP contribution >= 0.6 is 0 Å². The lowest BCUT2D eigenvalue weighted by Crippen LogP contribution is -2.51. The SMILES string of the molecule is O=CC1(O)CCCC1(O)[CH]O. The van der Waals surface area contributed by atoms with Gasteiger partial charge in [0, 0.05) is 0 Å². The van der Waals surface area contributed by atoms with Crippen LogP contribution in [0.5, 0.6) is 0 Å². The van der Waals surface area contributed by atoms with Gasteiger partial charge in [-0.15, -0.1) is 0 Å². The van der Waals surface area contributed by atoms with Gasteiger partial charge in [-0.2, -0.15) is 0 Å². The van der Waals surface area contributed by atoms with E-state index < -0.39 is 11.2 Å². The van der Waals surface area contributed by atoms with Gasteiger partial charge in [0.25, 0.3) is 0 Å². The van der Waals surface area contributed by atoms with Crippen LogP contribution in [-0.2, 0) is 4.79 Å². The maximum Gasteiger partial charge on any atom is 0.154 e. The number of aldehydes is 1. The first-order chi connectivity index (χ1) is 5.08. The summed E-state index contributed by atoms with van der Waals surface area (Å²) in [5, 5.41) is 27.4. The van der Waals surface area contributed by atoms with Crippen LogP contribution in [0.25, 0.3) is 0 Å². The molecule has 1 saturated carbocycles. The smallest absolute Gasteiger partial charge is 0.154 e. The van der Waals surface area contributed by atoms with Crippen LogP contribution in [0.2, 0.25) is 0 Å². The zero-order chi connectivity index (χ0) is 8.54. The number of rotatable bonds is 2. The van der Waals surface area contributed by atoms with Crippen LogP contribution < -0.4 is 0 Å². The molecule has 3 N–H and O–H groups in total. The van der Waals surface area contributed by atoms with Crippen LogP contribution in [0.3, 0.4) is 0 Å². The van der Waals surface area contributed by atoms with E-state index in [0.717, 1.165) is 0 Å². The Morgan fingerprint density at radius 3 is 2.09 bits per heavy atom. The molecule has 1 fully saturated rings. The second-order valence-corrected chi connectivity index (χ2v) is 2.95. The Hall–Kier alpha value is -0.450. The highest BCUT2D eigenvalue weighted by atomic mass is 16.4. The van der Waals surface area contributed by atoms with Crippen molar-refractivity contribution in [2.24, 2.45) is 0 Å². The minimum absolute atomic E-state index is 0.198. The van der Waals surface area contributed by atoms with Crippen molar-refractivity contribution in [2.45, 2.75) is 30.5 Å². The van der Waals surface area contributed by atoms with E-state index >= 15 is 0 Å². The van der Waals surface area contributed by atoms with E-state index in [1.54, 1.807) is 0 Å². The van der Waals surface area contributed by atoms with Crippen LogP contribution in [0.4, 0.5) is 0 Å². The van der Waals surface area contributed by atoms with E-state index in [4.69, 9.17) is 5.11 Å². The predicted octanol–water partition coefficient (Wildman–Crippen LogP) is -0.634. The van der Waals surface area contributed by atoms with Gasteiger partial charge in [0.2, 0.25) is 0 Å². The van der Waals surface area contributed by atoms with Gasteiger partial charge < -0.3 is 20.1 Å². The number of carbonyl (C=O) groups is 1. The minimum atomic E-state index is -1.79. The fourth-order valence-corrected chi connectivity index (χ4v) is 1.40. The molecule has 4 nitrogen and oxygen atoms in total. The van der Waals surface area contributed by atoms with Gasteiger partial charge in [-0.05, 0) is 19.3 Å². The lowest BCUT2D eigenvalue weighted by molar-refractivity contribution is -0.151. The van der Waals surface area contributed by atoms with Crippen LogP contribution in [0, 0.1) is 6.61 Å². The average Bonchev–Trinajstić information content (AvgIpc) is 2.31. The minimum Gasteiger partial charge on any atom is -0.387 e. The molecule has 1 rings (SSSR count). The highest BCUT2D eigenvalue weighted by Crippen LogP contribution is 2.39. The Kier molecular flexibility index (Phi) is 2.00. The van der Waals surface area contributed by atoms with Crippen molar-refractivity contribution in [1.29, 1.82) is 0 Å². The van der Waals surface area contributed by atoms with Gasteiger partial charge in [0.05, 0.1) is 0 Å². The summed E-state index contributed by atoms with van der Waals surface area (Å²) in [7, 11) is 0. The molecule has 0 heterocycles. The normalized spacial score (nSPS) is 44.3. The predicted molar refractivity (Wildman–Crippen MR) is 36.1 cm³/mol. The van der Waals surface area contributed by atoms with E-state index in [1.807, 2.05) is 0 Å². The zero-order valence-electron chi connectivity index (χ0n) is 6.03. The van der Waals surface area contributed by atoms with Crippen LogP contribution in [-0.4, -0.2) is 32.8 Å². The molecular weight excluding hydrogens is 148 g/mol. The van der Waals surface area contributed by atoms with Gasteiger partial charge in [0.15, 0.2) is 11.9 Å². The summed E-state index contributed by atoms with van der Waals surface area (Å²) in [6.45, 7) is 0.494. The summed E-state index contributed by atoms with van der Waals surface area (Å²) < 4.78 is 0. The molecule has 0 bridgehead atoms. The van der Waals surface area contributed by atoms with Crippen molar-refractivity contribution in [3.8, 4) is 0 Å². The maximum absolute atomic E-state index is 10.4. The molecule has 0 aromatic carbocycles. The second-order valence-electron chi connectivity index (χ2n) is 2.95. The third-order valence-corrected chi connectivity index (χ3v) is 2.27. The molecule has 1 radical (unpaired) electrons. The molecule has 0 amide bonds. The first kappa shape index (κ1) is 8.64. The van der Waals surface area contributed by atoms with E-state index in [2.05, 4.69) is 0 Å². The molecule has 0 saturated heterocycles. The second kappa shape index (κ2) is 2.55. The largest absolute Gasteiger partial charge is 0.387 e. The van der Waals surface area contributed by atoms with Crippen LogP contribution in [0.1, 0.15) is 19.3 Å². The van der Waals surface area contributed by atoms with Crippen LogP contribution in [0.15, 0.2) is 0 Å². The van der Waals surface area contributed by atoms with Crippen molar-refractivity contribution in [3.63, 3.8) is 0 Å². The van der Waals surface area contributed by atoms with E-state index in [-0.39, 0.29) is 19.1 Å². The van der Waals surface area contributed by atoms with Crippen molar-refractivity contribution in [2.75, 3.05) is 0 Å². The van der Waals surface area contributed by atoms with E-state index in [9.17, 15) is 15.0 Å². The topological polar surface area (TPSA) is 77.8 Å². The van der Waals surface area contributed by atoms with Crippen molar-refractivity contribution >= 4 is 6.29 Å². The molecule has 0 aromatic rings. The quantitative estimate of drug-likeness (QED) is 0.468. The van der Waals surface area contributed by atoms with Gasteiger partial charge in [0.1, 0.15) is 12.2 Å². The first-order valence-corrected chi connectivity index (χ1v) is 3.48. The van der Waals surface area contributed by atoms with Gasteiger partial charge in [-0.3, -0.25) is 0 Å². The number of aliphatic hydroxyl groups is 3. The monoisotopic (exact) mass is 159 g/mol. The Balaban J connectivity index is 2.87. The molecule has 11 heavy (non-hydrogen) atoms. The lowest BCUT2D eigenvalue weighted by Gasteiger charge is -2.31. The van der Waals surface area contributed by atoms with Crippen molar-refractivity contribution in [1.82, 2.24) is 0 Å². The highest BCUT2D eigenvalue weighted by Gasteiger charge is 2.53. The summed E-state index contributed by atoms with van der Waals surface area (Å²) in [4.78, 5) is 10.4. The molecule has 4 heteroatoms. The van der Waals surface area contributed by atoms with Crippen molar-refractivity contribution in [3.05, 3.63) is 6.61 Å². The van der Waals surface area contributed by atoms with Gasteiger partial charge >= 0.3 is 0 Å². The fraction of sp³-hybridized carbons (Fsp3) is 0.714. The molecule has 2 unspecified atom stereocenters. The standard InChI is InChI=1S/C7H11O4/c8-4-6(10)2-1-3-7(6,11)5-9/h4-5,8,10-11H,1-3H2. The Morgan fingerprint density at radius 2 is 1.73 bits per heavy atom. The number of aliphatic hydroxyl groups excluding tert-OH is 1. The Morgan fingerprint density at radius 1 is 1.18 bits per heavy atom. The molecular formula is C7H11O4. The van der Waals surface area contributed by atoms with Crippen molar-refractivity contribution < 1.29 is 20.1 Å². The van der Waals surface area contributed by atoms with E-state index in [1.165, 1.54) is 0 Å². The summed E-state index contributed by atoms with van der Waals surface area (Å²) >= 11 is 0. The average molecular weight is 159 g/mol. The molecule has 0 aromatic heterocycles. The van der Waals surface area contributed by atoms with Gasteiger partial charge in [-0.25, -0.2) is 0 Å². The summed E-state index contributed by atoms with van der Waals surface area (Å²) in [6.07, 6.45) is 1.23. The summed E-state index contributed by atoms with van der Waals surface area (Å²) in [6, 6.07) is 0. The zero-order valence-corrected chi connectivity index (χ0v) is 6.03.